The molecule has 0 saturated carbocycles. The molecule has 1 saturated heterocycles. The average Bonchev–Trinajstić information content (AvgIpc) is 3.14. The second kappa shape index (κ2) is 7.96. The molecule has 1 aromatic heterocycles. The molecule has 3 heterocycles. The lowest BCUT2D eigenvalue weighted by molar-refractivity contribution is -0.308. The highest BCUT2D eigenvalue weighted by Crippen LogP contribution is 2.37. The molecule has 2 aliphatic heterocycles. The number of amides is 1. The van der Waals surface area contributed by atoms with Crippen molar-refractivity contribution >= 4 is 6.09 Å². The zero-order valence-corrected chi connectivity index (χ0v) is 16.5. The van der Waals surface area contributed by atoms with Crippen molar-refractivity contribution in [1.82, 2.24) is 14.7 Å². The quantitative estimate of drug-likeness (QED) is 0.592. The van der Waals surface area contributed by atoms with E-state index in [4.69, 9.17) is 0 Å². The minimum atomic E-state index is -5.75. The average molecular weight is 465 g/mol. The van der Waals surface area contributed by atoms with E-state index in [0.717, 1.165) is 21.8 Å². The van der Waals surface area contributed by atoms with Gasteiger partial charge >= 0.3 is 18.4 Å². The fourth-order valence-corrected chi connectivity index (χ4v) is 4.10. The van der Waals surface area contributed by atoms with Crippen LogP contribution in [0.5, 0.6) is 0 Å². The lowest BCUT2D eigenvalue weighted by Gasteiger charge is -2.32. The standard InChI is InChI=1S/C20H18F7N3O2/c21-13-2-4-16-12(9-13)1-3-14-10-15(28-30(14)16)11-5-7-29(8-6-11)18(31)32-17(19(22,23)24)20(25,26)27/h2,4,9-11,17H,1,3,5-8H2. The number of ether oxygens (including phenoxy) is 1. The van der Waals surface area contributed by atoms with Gasteiger partial charge in [0.25, 0.3) is 6.10 Å². The second-order valence-electron chi connectivity index (χ2n) is 7.85. The molecule has 0 unspecified atom stereocenters. The van der Waals surface area contributed by atoms with Crippen LogP contribution in [0.15, 0.2) is 24.3 Å². The number of hydrogen-bond donors (Lipinski definition) is 0. The van der Waals surface area contributed by atoms with Gasteiger partial charge in [-0.3, -0.25) is 0 Å². The summed E-state index contributed by atoms with van der Waals surface area (Å²) >= 11 is 0. The number of likely N-dealkylation sites (tertiary alicyclic amines) is 1. The molecule has 4 rings (SSSR count). The third-order valence-corrected chi connectivity index (χ3v) is 5.71. The summed E-state index contributed by atoms with van der Waals surface area (Å²) in [5.74, 6) is -0.459. The minimum Gasteiger partial charge on any atom is -0.426 e. The summed E-state index contributed by atoms with van der Waals surface area (Å²) < 4.78 is 94.7. The Kier molecular flexibility index (Phi) is 5.58. The number of rotatable bonds is 2. The van der Waals surface area contributed by atoms with E-state index in [1.54, 1.807) is 10.7 Å². The summed E-state index contributed by atoms with van der Waals surface area (Å²) in [6, 6.07) is 6.34. The molecule has 0 spiro atoms. The van der Waals surface area contributed by atoms with Crippen LogP contribution < -0.4 is 0 Å². The summed E-state index contributed by atoms with van der Waals surface area (Å²) in [6.07, 6.45) is -15.4. The van der Waals surface area contributed by atoms with Crippen LogP contribution in [0.2, 0.25) is 0 Å². The maximum Gasteiger partial charge on any atom is 0.434 e. The molecule has 1 aromatic carbocycles. The van der Waals surface area contributed by atoms with E-state index in [1.165, 1.54) is 12.1 Å². The number of hydrogen-bond acceptors (Lipinski definition) is 3. The second-order valence-corrected chi connectivity index (χ2v) is 7.85. The number of carbonyl (C=O) groups excluding carboxylic acids is 1. The molecular weight excluding hydrogens is 447 g/mol. The highest BCUT2D eigenvalue weighted by atomic mass is 19.4. The van der Waals surface area contributed by atoms with Gasteiger partial charge < -0.3 is 9.64 Å². The molecule has 12 heteroatoms. The Balaban J connectivity index is 1.42. The Morgan fingerprint density at radius 3 is 2.31 bits per heavy atom. The van der Waals surface area contributed by atoms with Crippen LogP contribution in [0.4, 0.5) is 35.5 Å². The van der Waals surface area contributed by atoms with Gasteiger partial charge in [0.15, 0.2) is 0 Å². The maximum atomic E-state index is 13.5. The van der Waals surface area contributed by atoms with Crippen molar-refractivity contribution in [2.75, 3.05) is 13.1 Å². The van der Waals surface area contributed by atoms with Gasteiger partial charge in [0, 0.05) is 24.7 Å². The molecular formula is C20H18F7N3O2. The van der Waals surface area contributed by atoms with Gasteiger partial charge in [-0.05, 0) is 55.5 Å². The maximum absolute atomic E-state index is 13.5. The van der Waals surface area contributed by atoms with E-state index in [2.05, 4.69) is 9.84 Å². The lowest BCUT2D eigenvalue weighted by Crippen LogP contribution is -2.49. The predicted molar refractivity (Wildman–Crippen MR) is 96.9 cm³/mol. The Labute approximate surface area is 177 Å². The van der Waals surface area contributed by atoms with E-state index >= 15 is 0 Å². The first-order valence-electron chi connectivity index (χ1n) is 9.90. The van der Waals surface area contributed by atoms with Gasteiger partial charge in [0.2, 0.25) is 0 Å². The molecule has 2 aliphatic rings. The van der Waals surface area contributed by atoms with Crippen LogP contribution in [-0.4, -0.2) is 52.3 Å². The molecule has 174 valence electrons. The third kappa shape index (κ3) is 4.40. The van der Waals surface area contributed by atoms with Crippen molar-refractivity contribution in [2.45, 2.75) is 50.1 Å². The number of piperidine rings is 1. The van der Waals surface area contributed by atoms with E-state index in [0.29, 0.717) is 31.4 Å². The molecule has 0 radical (unpaired) electrons. The van der Waals surface area contributed by atoms with Crippen LogP contribution in [0.1, 0.15) is 35.7 Å². The molecule has 32 heavy (non-hydrogen) atoms. The van der Waals surface area contributed by atoms with Crippen molar-refractivity contribution in [3.05, 3.63) is 47.0 Å². The smallest absolute Gasteiger partial charge is 0.426 e. The van der Waals surface area contributed by atoms with Crippen molar-refractivity contribution in [3.63, 3.8) is 0 Å². The number of alkyl halides is 6. The van der Waals surface area contributed by atoms with Gasteiger partial charge in [-0.25, -0.2) is 13.9 Å². The number of fused-ring (bicyclic) bond motifs is 3. The normalized spacial score (nSPS) is 17.3. The molecule has 0 bridgehead atoms. The topological polar surface area (TPSA) is 47.4 Å². The monoisotopic (exact) mass is 465 g/mol. The summed E-state index contributed by atoms with van der Waals surface area (Å²) in [6.45, 7) is -0.119. The van der Waals surface area contributed by atoms with Gasteiger partial charge in [0.05, 0.1) is 11.4 Å². The summed E-state index contributed by atoms with van der Waals surface area (Å²) in [5.41, 5.74) is 3.24. The van der Waals surface area contributed by atoms with Crippen LogP contribution in [-0.2, 0) is 17.6 Å². The van der Waals surface area contributed by atoms with E-state index in [9.17, 15) is 35.5 Å². The largest absolute Gasteiger partial charge is 0.434 e. The SMILES string of the molecule is O=C(OC(C(F)(F)F)C(F)(F)F)N1CCC(c2cc3n(n2)-c2ccc(F)cc2CC3)CC1. The molecule has 0 atom stereocenters. The number of aryl methyl sites for hydroxylation is 2. The van der Waals surface area contributed by atoms with Crippen molar-refractivity contribution in [3.8, 4) is 5.69 Å². The van der Waals surface area contributed by atoms with Gasteiger partial charge in [-0.15, -0.1) is 0 Å². The van der Waals surface area contributed by atoms with Crippen molar-refractivity contribution in [1.29, 1.82) is 0 Å². The first-order valence-corrected chi connectivity index (χ1v) is 9.90. The molecule has 0 N–H and O–H groups in total. The van der Waals surface area contributed by atoms with Gasteiger partial charge in [0.1, 0.15) is 5.82 Å². The summed E-state index contributed by atoms with van der Waals surface area (Å²) in [4.78, 5) is 12.8. The highest BCUT2D eigenvalue weighted by molar-refractivity contribution is 5.68. The zero-order valence-electron chi connectivity index (χ0n) is 16.5. The number of benzene rings is 1. The first kappa shape index (κ1) is 22.4. The number of halogens is 7. The van der Waals surface area contributed by atoms with Gasteiger partial charge in [-0.2, -0.15) is 31.4 Å². The number of aromatic nitrogens is 2. The molecule has 1 fully saturated rings. The Morgan fingerprint density at radius 1 is 1.03 bits per heavy atom. The Bertz CT molecular complexity index is 994. The zero-order chi connectivity index (χ0) is 23.3. The van der Waals surface area contributed by atoms with Crippen molar-refractivity contribution < 1.29 is 40.3 Å². The van der Waals surface area contributed by atoms with Crippen LogP contribution in [0.25, 0.3) is 5.69 Å². The first-order chi connectivity index (χ1) is 14.9. The Hall–Kier alpha value is -2.79. The summed E-state index contributed by atoms with van der Waals surface area (Å²) in [5, 5.41) is 4.59. The lowest BCUT2D eigenvalue weighted by atomic mass is 9.93. The minimum absolute atomic E-state index is 0.0596. The fraction of sp³-hybridized carbons (Fsp3) is 0.500. The molecule has 2 aromatic rings. The molecule has 1 amide bonds. The third-order valence-electron chi connectivity index (χ3n) is 5.71. The molecule has 0 aliphatic carbocycles. The van der Waals surface area contributed by atoms with Crippen LogP contribution >= 0.6 is 0 Å². The number of carbonyl (C=O) groups is 1. The fourth-order valence-electron chi connectivity index (χ4n) is 4.10. The van der Waals surface area contributed by atoms with E-state index < -0.39 is 24.5 Å². The van der Waals surface area contributed by atoms with E-state index in [1.807, 2.05) is 6.07 Å². The summed E-state index contributed by atoms with van der Waals surface area (Å²) in [7, 11) is 0. The van der Waals surface area contributed by atoms with Crippen LogP contribution in [0, 0.1) is 5.82 Å². The van der Waals surface area contributed by atoms with E-state index in [-0.39, 0.29) is 24.8 Å². The molecule has 5 nitrogen and oxygen atoms in total. The number of nitrogens with zero attached hydrogens (tertiary/aromatic N) is 3. The van der Waals surface area contributed by atoms with Crippen LogP contribution in [0.3, 0.4) is 0 Å². The van der Waals surface area contributed by atoms with Gasteiger partial charge in [-0.1, -0.05) is 0 Å². The highest BCUT2D eigenvalue weighted by Gasteiger charge is 2.60. The predicted octanol–water partition coefficient (Wildman–Crippen LogP) is 4.92. The Morgan fingerprint density at radius 2 is 1.69 bits per heavy atom. The van der Waals surface area contributed by atoms with Crippen molar-refractivity contribution in [2.24, 2.45) is 0 Å².